The third kappa shape index (κ3) is 2.38. The lowest BCUT2D eigenvalue weighted by Crippen LogP contribution is -2.20. The van der Waals surface area contributed by atoms with Crippen LogP contribution in [-0.4, -0.2) is 43.9 Å². The first kappa shape index (κ1) is 10.8. The van der Waals surface area contributed by atoms with Gasteiger partial charge in [-0.3, -0.25) is 4.79 Å². The molecule has 0 amide bonds. The van der Waals surface area contributed by atoms with Crippen molar-refractivity contribution in [1.82, 2.24) is 0 Å². The van der Waals surface area contributed by atoms with Gasteiger partial charge in [0.05, 0.1) is 5.25 Å². The van der Waals surface area contributed by atoms with E-state index in [1.54, 1.807) is 0 Å². The lowest BCUT2D eigenvalue weighted by molar-refractivity contribution is -0.137. The van der Waals surface area contributed by atoms with Gasteiger partial charge in [0.2, 0.25) is 0 Å². The molecule has 1 atom stereocenters. The largest absolute Gasteiger partial charge is 0.481 e. The highest BCUT2D eigenvalue weighted by atomic mass is 32.2. The summed E-state index contributed by atoms with van der Waals surface area (Å²) >= 11 is 1.40. The number of thioether (sulfide) groups is 1. The second-order valence-corrected chi connectivity index (χ2v) is 3.96. The van der Waals surface area contributed by atoms with Crippen LogP contribution in [0.4, 0.5) is 0 Å². The van der Waals surface area contributed by atoms with Crippen molar-refractivity contribution in [3.05, 3.63) is 0 Å². The molecule has 7 heteroatoms. The van der Waals surface area contributed by atoms with E-state index < -0.39 is 5.97 Å². The third-order valence-corrected chi connectivity index (χ3v) is 3.17. The van der Waals surface area contributed by atoms with Crippen LogP contribution in [0.2, 0.25) is 0 Å². The van der Waals surface area contributed by atoms with E-state index in [0.717, 1.165) is 0 Å². The molecule has 3 N–H and O–H groups in total. The van der Waals surface area contributed by atoms with Gasteiger partial charge in [-0.1, -0.05) is 10.3 Å². The van der Waals surface area contributed by atoms with Gasteiger partial charge in [0.25, 0.3) is 0 Å². The van der Waals surface area contributed by atoms with E-state index in [1.807, 2.05) is 0 Å². The summed E-state index contributed by atoms with van der Waals surface area (Å²) < 4.78 is 0. The van der Waals surface area contributed by atoms with Gasteiger partial charge in [0.1, 0.15) is 11.4 Å². The molecule has 6 nitrogen and oxygen atoms in total. The van der Waals surface area contributed by atoms with Crippen LogP contribution in [0.15, 0.2) is 10.3 Å². The summed E-state index contributed by atoms with van der Waals surface area (Å²) in [5.41, 5.74) is 0.589. The number of carboxylic acids is 1. The van der Waals surface area contributed by atoms with Crippen molar-refractivity contribution in [2.75, 3.05) is 5.75 Å². The SMILES string of the molecule is O=C(O)CCC1SCC(=N\O)/C1=N\O. The van der Waals surface area contributed by atoms with Crippen LogP contribution in [0, 0.1) is 0 Å². The van der Waals surface area contributed by atoms with Crippen LogP contribution in [0.25, 0.3) is 0 Å². The van der Waals surface area contributed by atoms with Crippen LogP contribution in [0.3, 0.4) is 0 Å². The zero-order chi connectivity index (χ0) is 10.6. The summed E-state index contributed by atoms with van der Waals surface area (Å²) in [5.74, 6) is -0.447. The molecular formula is C7H10N2O4S. The predicted molar refractivity (Wildman–Crippen MR) is 51.6 cm³/mol. The Morgan fingerprint density at radius 3 is 2.71 bits per heavy atom. The Bertz CT molecular complexity index is 289. The van der Waals surface area contributed by atoms with Crippen molar-refractivity contribution in [2.45, 2.75) is 18.1 Å². The fourth-order valence-electron chi connectivity index (χ4n) is 1.20. The van der Waals surface area contributed by atoms with Crippen LogP contribution in [0.1, 0.15) is 12.8 Å². The van der Waals surface area contributed by atoms with Gasteiger partial charge in [-0.25, -0.2) is 0 Å². The number of oxime groups is 2. The van der Waals surface area contributed by atoms with Gasteiger partial charge in [-0.15, -0.1) is 11.8 Å². The number of rotatable bonds is 3. The van der Waals surface area contributed by atoms with Crippen molar-refractivity contribution in [3.63, 3.8) is 0 Å². The first-order valence-corrected chi connectivity index (χ1v) is 5.00. The van der Waals surface area contributed by atoms with E-state index >= 15 is 0 Å². The molecule has 1 heterocycles. The Hall–Kier alpha value is -1.24. The molecule has 0 aliphatic carbocycles. The molecule has 1 unspecified atom stereocenters. The Kier molecular flexibility index (Phi) is 3.75. The van der Waals surface area contributed by atoms with Crippen LogP contribution < -0.4 is 0 Å². The summed E-state index contributed by atoms with van der Waals surface area (Å²) in [5, 5.41) is 31.4. The van der Waals surface area contributed by atoms with Gasteiger partial charge in [0, 0.05) is 12.2 Å². The maximum absolute atomic E-state index is 10.3. The molecule has 0 radical (unpaired) electrons. The van der Waals surface area contributed by atoms with Gasteiger partial charge in [0.15, 0.2) is 0 Å². The first-order valence-electron chi connectivity index (χ1n) is 3.95. The zero-order valence-corrected chi connectivity index (χ0v) is 8.07. The smallest absolute Gasteiger partial charge is 0.303 e. The zero-order valence-electron chi connectivity index (χ0n) is 7.25. The summed E-state index contributed by atoms with van der Waals surface area (Å²) in [6.45, 7) is 0. The molecule has 0 bridgehead atoms. The average Bonchev–Trinajstić information content (AvgIpc) is 2.56. The number of hydrogen-bond acceptors (Lipinski definition) is 6. The fraction of sp³-hybridized carbons (Fsp3) is 0.571. The van der Waals surface area contributed by atoms with Gasteiger partial charge < -0.3 is 15.5 Å². The fourth-order valence-corrected chi connectivity index (χ4v) is 2.39. The van der Waals surface area contributed by atoms with Crippen LogP contribution >= 0.6 is 11.8 Å². The van der Waals surface area contributed by atoms with Gasteiger partial charge >= 0.3 is 5.97 Å². The van der Waals surface area contributed by atoms with E-state index in [4.69, 9.17) is 15.5 Å². The molecule has 78 valence electrons. The standard InChI is InChI=1S/C7H10N2O4S/c10-6(11)2-1-5-7(9-13)4(8-12)3-14-5/h5,12-13H,1-3H2,(H,10,11)/b8-4+,9-7+. The highest BCUT2D eigenvalue weighted by molar-refractivity contribution is 8.02. The maximum atomic E-state index is 10.3. The maximum Gasteiger partial charge on any atom is 0.303 e. The molecule has 14 heavy (non-hydrogen) atoms. The summed E-state index contributed by atoms with van der Waals surface area (Å²) in [6, 6.07) is 0. The molecule has 1 fully saturated rings. The monoisotopic (exact) mass is 218 g/mol. The summed E-state index contributed by atoms with van der Waals surface area (Å²) in [4.78, 5) is 10.3. The minimum absolute atomic E-state index is 0.00932. The number of hydrogen-bond donors (Lipinski definition) is 3. The van der Waals surface area contributed by atoms with E-state index in [1.165, 1.54) is 11.8 Å². The molecule has 0 aromatic carbocycles. The number of carboxylic acid groups (broad SMARTS) is 1. The topological polar surface area (TPSA) is 102 Å². The molecule has 0 aromatic rings. The Balaban J connectivity index is 2.60. The molecule has 1 aliphatic rings. The van der Waals surface area contributed by atoms with E-state index in [0.29, 0.717) is 17.9 Å². The van der Waals surface area contributed by atoms with Crippen LogP contribution in [-0.2, 0) is 4.79 Å². The van der Waals surface area contributed by atoms with E-state index in [9.17, 15) is 4.79 Å². The second-order valence-electron chi connectivity index (χ2n) is 2.76. The Morgan fingerprint density at radius 1 is 1.50 bits per heavy atom. The first-order chi connectivity index (χ1) is 6.69. The van der Waals surface area contributed by atoms with Crippen molar-refractivity contribution in [2.24, 2.45) is 10.3 Å². The Labute approximate surface area is 84.3 Å². The Morgan fingerprint density at radius 2 is 2.21 bits per heavy atom. The van der Waals surface area contributed by atoms with Gasteiger partial charge in [-0.2, -0.15) is 0 Å². The number of aliphatic carboxylic acids is 1. The van der Waals surface area contributed by atoms with Gasteiger partial charge in [-0.05, 0) is 6.42 Å². The molecular weight excluding hydrogens is 208 g/mol. The molecule has 0 saturated carbocycles. The van der Waals surface area contributed by atoms with Crippen molar-refractivity contribution < 1.29 is 20.3 Å². The highest BCUT2D eigenvalue weighted by Crippen LogP contribution is 2.26. The highest BCUT2D eigenvalue weighted by Gasteiger charge is 2.30. The molecule has 1 saturated heterocycles. The number of nitrogens with zero attached hydrogens (tertiary/aromatic N) is 2. The van der Waals surface area contributed by atoms with Crippen molar-refractivity contribution in [3.8, 4) is 0 Å². The number of carbonyl (C=O) groups is 1. The quantitative estimate of drug-likeness (QED) is 0.476. The minimum atomic E-state index is -0.891. The molecule has 0 aromatic heterocycles. The van der Waals surface area contributed by atoms with Crippen molar-refractivity contribution in [1.29, 1.82) is 0 Å². The van der Waals surface area contributed by atoms with E-state index in [-0.39, 0.29) is 17.4 Å². The predicted octanol–water partition coefficient (Wildman–Crippen LogP) is 0.627. The lowest BCUT2D eigenvalue weighted by atomic mass is 10.1. The molecule has 1 rings (SSSR count). The minimum Gasteiger partial charge on any atom is -0.481 e. The van der Waals surface area contributed by atoms with E-state index in [2.05, 4.69) is 10.3 Å². The van der Waals surface area contributed by atoms with Crippen molar-refractivity contribution >= 4 is 29.2 Å². The molecule has 1 aliphatic heterocycles. The summed E-state index contributed by atoms with van der Waals surface area (Å²) in [6.07, 6.45) is 0.383. The normalized spacial score (nSPS) is 27.3. The average molecular weight is 218 g/mol. The van der Waals surface area contributed by atoms with Crippen LogP contribution in [0.5, 0.6) is 0 Å². The second kappa shape index (κ2) is 4.85. The summed E-state index contributed by atoms with van der Waals surface area (Å²) in [7, 11) is 0. The lowest BCUT2D eigenvalue weighted by Gasteiger charge is -2.05. The third-order valence-electron chi connectivity index (χ3n) is 1.87. The molecule has 0 spiro atoms.